The number of hydrogen-bond donors (Lipinski definition) is 2. The van der Waals surface area contributed by atoms with Gasteiger partial charge in [0, 0.05) is 28.8 Å². The van der Waals surface area contributed by atoms with E-state index in [-0.39, 0.29) is 23.9 Å². The highest BCUT2D eigenvalue weighted by molar-refractivity contribution is 7.10. The van der Waals surface area contributed by atoms with E-state index in [0.717, 1.165) is 4.88 Å². The maximum absolute atomic E-state index is 11.1. The Bertz CT molecular complexity index is 708. The number of benzene rings is 1. The molecule has 2 aromatic rings. The van der Waals surface area contributed by atoms with Crippen LogP contribution in [0.5, 0.6) is 0 Å². The van der Waals surface area contributed by atoms with Crippen molar-refractivity contribution in [2.75, 3.05) is 11.9 Å². The van der Waals surface area contributed by atoms with Crippen molar-refractivity contribution >= 4 is 22.7 Å². The molecule has 2 N–H and O–H groups in total. The van der Waals surface area contributed by atoms with Gasteiger partial charge < -0.3 is 10.4 Å². The Morgan fingerprint density at radius 3 is 2.86 bits per heavy atom. The maximum Gasteiger partial charge on any atom is 0.275 e. The zero-order chi connectivity index (χ0) is 16.1. The third-order valence-electron chi connectivity index (χ3n) is 3.34. The second kappa shape index (κ2) is 7.02. The van der Waals surface area contributed by atoms with Crippen LogP contribution in [0.3, 0.4) is 0 Å². The summed E-state index contributed by atoms with van der Waals surface area (Å²) in [4.78, 5) is 11.6. The van der Waals surface area contributed by atoms with E-state index in [4.69, 9.17) is 5.26 Å². The molecule has 7 heteroatoms. The van der Waals surface area contributed by atoms with Gasteiger partial charge in [-0.05, 0) is 30.9 Å². The number of nitrogens with one attached hydrogen (secondary N) is 1. The van der Waals surface area contributed by atoms with Crippen LogP contribution in [0.2, 0.25) is 0 Å². The number of nitro benzene ring substituents is 1. The molecule has 22 heavy (non-hydrogen) atoms. The van der Waals surface area contributed by atoms with Crippen LogP contribution in [0.25, 0.3) is 0 Å². The molecule has 2 rings (SSSR count). The van der Waals surface area contributed by atoms with Crippen molar-refractivity contribution in [3.8, 4) is 6.07 Å². The van der Waals surface area contributed by atoms with Gasteiger partial charge in [-0.25, -0.2) is 0 Å². The van der Waals surface area contributed by atoms with Crippen LogP contribution < -0.4 is 5.32 Å². The fourth-order valence-corrected chi connectivity index (χ4v) is 3.01. The highest BCUT2D eigenvalue weighted by Gasteiger charge is 2.19. The Morgan fingerprint density at radius 2 is 2.32 bits per heavy atom. The molecule has 0 saturated carbocycles. The van der Waals surface area contributed by atoms with Gasteiger partial charge in [0.15, 0.2) is 0 Å². The van der Waals surface area contributed by atoms with Gasteiger partial charge >= 0.3 is 0 Å². The van der Waals surface area contributed by atoms with Crippen molar-refractivity contribution in [3.63, 3.8) is 0 Å². The SMILES string of the molecule is Cc1c(N[C@H](CCO)c2cccs2)cc(C#N)cc1[N+](=O)[O-]. The molecule has 0 aliphatic heterocycles. The Kier molecular flexibility index (Phi) is 5.09. The van der Waals surface area contributed by atoms with Crippen molar-refractivity contribution in [3.05, 3.63) is 55.8 Å². The summed E-state index contributed by atoms with van der Waals surface area (Å²) in [5.41, 5.74) is 1.16. The van der Waals surface area contributed by atoms with E-state index in [1.807, 2.05) is 23.6 Å². The monoisotopic (exact) mass is 317 g/mol. The summed E-state index contributed by atoms with van der Waals surface area (Å²) in [5, 5.41) is 34.5. The topological polar surface area (TPSA) is 99.2 Å². The minimum absolute atomic E-state index is 0.00531. The van der Waals surface area contributed by atoms with Gasteiger partial charge in [0.25, 0.3) is 5.69 Å². The molecule has 114 valence electrons. The second-order valence-corrected chi connectivity index (χ2v) is 5.74. The molecule has 1 atom stereocenters. The molecular formula is C15H15N3O3S. The lowest BCUT2D eigenvalue weighted by Crippen LogP contribution is -2.12. The van der Waals surface area contributed by atoms with Crippen molar-refractivity contribution in [2.45, 2.75) is 19.4 Å². The molecule has 0 amide bonds. The zero-order valence-corrected chi connectivity index (χ0v) is 12.8. The van der Waals surface area contributed by atoms with Crippen LogP contribution >= 0.6 is 11.3 Å². The number of aliphatic hydroxyl groups is 1. The van der Waals surface area contributed by atoms with Crippen LogP contribution in [-0.2, 0) is 0 Å². The first-order valence-corrected chi connectivity index (χ1v) is 7.54. The lowest BCUT2D eigenvalue weighted by Gasteiger charge is -2.19. The summed E-state index contributed by atoms with van der Waals surface area (Å²) in [6.45, 7) is 1.64. The minimum Gasteiger partial charge on any atom is -0.396 e. The Balaban J connectivity index is 2.40. The molecule has 0 saturated heterocycles. The number of hydrogen-bond acceptors (Lipinski definition) is 6. The van der Waals surface area contributed by atoms with E-state index in [9.17, 15) is 15.2 Å². The molecule has 1 aromatic carbocycles. The average Bonchev–Trinajstić information content (AvgIpc) is 3.02. The van der Waals surface area contributed by atoms with E-state index < -0.39 is 4.92 Å². The van der Waals surface area contributed by atoms with Gasteiger partial charge in [-0.2, -0.15) is 5.26 Å². The van der Waals surface area contributed by atoms with Gasteiger partial charge in [0.1, 0.15) is 0 Å². The summed E-state index contributed by atoms with van der Waals surface area (Å²) in [7, 11) is 0. The normalized spacial score (nSPS) is 11.7. The van der Waals surface area contributed by atoms with E-state index in [1.165, 1.54) is 6.07 Å². The number of rotatable bonds is 6. The molecule has 0 fully saturated rings. The quantitative estimate of drug-likeness (QED) is 0.628. The molecule has 1 heterocycles. The number of nitro groups is 1. The largest absolute Gasteiger partial charge is 0.396 e. The second-order valence-electron chi connectivity index (χ2n) is 4.76. The summed E-state index contributed by atoms with van der Waals surface area (Å²) >= 11 is 1.54. The molecular weight excluding hydrogens is 302 g/mol. The number of nitriles is 1. The van der Waals surface area contributed by atoms with Gasteiger partial charge in [-0.1, -0.05) is 6.07 Å². The highest BCUT2D eigenvalue weighted by Crippen LogP contribution is 2.32. The summed E-state index contributed by atoms with van der Waals surface area (Å²) in [6.07, 6.45) is 0.477. The molecule has 0 bridgehead atoms. The average molecular weight is 317 g/mol. The standard InChI is InChI=1S/C15H15N3O3S/c1-10-13(7-11(9-16)8-14(10)18(20)21)17-12(4-5-19)15-3-2-6-22-15/h2-3,6-8,12,17,19H,4-5H2,1H3/t12-/m1/s1. The summed E-state index contributed by atoms with van der Waals surface area (Å²) in [6, 6.07) is 8.50. The number of anilines is 1. The van der Waals surface area contributed by atoms with E-state index in [1.54, 1.807) is 24.3 Å². The minimum atomic E-state index is -0.493. The predicted octanol–water partition coefficient (Wildman–Crippen LogP) is 3.37. The summed E-state index contributed by atoms with van der Waals surface area (Å²) in [5.74, 6) is 0. The van der Waals surface area contributed by atoms with Crippen LogP contribution in [0.4, 0.5) is 11.4 Å². The predicted molar refractivity (Wildman–Crippen MR) is 84.9 cm³/mol. The molecule has 0 spiro atoms. The van der Waals surface area contributed by atoms with Gasteiger partial charge in [-0.3, -0.25) is 10.1 Å². The third kappa shape index (κ3) is 3.42. The zero-order valence-electron chi connectivity index (χ0n) is 11.9. The van der Waals surface area contributed by atoms with Gasteiger partial charge in [0.2, 0.25) is 0 Å². The Morgan fingerprint density at radius 1 is 1.55 bits per heavy atom. The van der Waals surface area contributed by atoms with Crippen LogP contribution in [0.15, 0.2) is 29.6 Å². The van der Waals surface area contributed by atoms with Crippen molar-refractivity contribution in [1.82, 2.24) is 0 Å². The Labute approximate surface area is 131 Å². The highest BCUT2D eigenvalue weighted by atomic mass is 32.1. The first-order valence-electron chi connectivity index (χ1n) is 6.66. The van der Waals surface area contributed by atoms with Gasteiger partial charge in [0.05, 0.1) is 22.6 Å². The van der Waals surface area contributed by atoms with Crippen LogP contribution in [0, 0.1) is 28.4 Å². The molecule has 1 aromatic heterocycles. The fraction of sp³-hybridized carbons (Fsp3) is 0.267. The third-order valence-corrected chi connectivity index (χ3v) is 4.33. The van der Waals surface area contributed by atoms with Crippen molar-refractivity contribution in [2.24, 2.45) is 0 Å². The van der Waals surface area contributed by atoms with E-state index in [2.05, 4.69) is 5.32 Å². The summed E-state index contributed by atoms with van der Waals surface area (Å²) < 4.78 is 0. The smallest absolute Gasteiger partial charge is 0.275 e. The molecule has 0 unspecified atom stereocenters. The number of nitrogens with zero attached hydrogens (tertiary/aromatic N) is 2. The van der Waals surface area contributed by atoms with E-state index in [0.29, 0.717) is 17.7 Å². The lowest BCUT2D eigenvalue weighted by molar-refractivity contribution is -0.385. The first-order chi connectivity index (χ1) is 10.6. The van der Waals surface area contributed by atoms with E-state index >= 15 is 0 Å². The number of aliphatic hydroxyl groups excluding tert-OH is 1. The Hall–Kier alpha value is -2.43. The lowest BCUT2D eigenvalue weighted by atomic mass is 10.1. The maximum atomic E-state index is 11.1. The number of thiophene rings is 1. The van der Waals surface area contributed by atoms with Crippen molar-refractivity contribution < 1.29 is 10.0 Å². The van der Waals surface area contributed by atoms with Crippen LogP contribution in [-0.4, -0.2) is 16.6 Å². The molecule has 0 radical (unpaired) electrons. The molecule has 0 aliphatic rings. The van der Waals surface area contributed by atoms with Gasteiger partial charge in [-0.15, -0.1) is 11.3 Å². The van der Waals surface area contributed by atoms with Crippen molar-refractivity contribution in [1.29, 1.82) is 5.26 Å². The molecule has 0 aliphatic carbocycles. The first kappa shape index (κ1) is 15.9. The van der Waals surface area contributed by atoms with Crippen LogP contribution in [0.1, 0.15) is 28.5 Å². The fourth-order valence-electron chi connectivity index (χ4n) is 2.19. The molecule has 6 nitrogen and oxygen atoms in total.